The third kappa shape index (κ3) is 7.31. The second-order valence-corrected chi connectivity index (χ2v) is 8.82. The van der Waals surface area contributed by atoms with Crippen molar-refractivity contribution in [1.29, 1.82) is 0 Å². The summed E-state index contributed by atoms with van der Waals surface area (Å²) in [6.45, 7) is -1.65. The number of carbonyl (C=O) groups excluding carboxylic acids is 1. The molecule has 1 heterocycles. The predicted octanol–water partition coefficient (Wildman–Crippen LogP) is 5.62. The number of nitrogens with one attached hydrogen (secondary N) is 2. The average molecular weight is 594 g/mol. The number of urea groups is 1. The summed E-state index contributed by atoms with van der Waals surface area (Å²) < 4.78 is 99.0. The van der Waals surface area contributed by atoms with Gasteiger partial charge in [0.05, 0.1) is 17.3 Å². The third-order valence-electron chi connectivity index (χ3n) is 5.46. The monoisotopic (exact) mass is 593 g/mol. The lowest BCUT2D eigenvalue weighted by Crippen LogP contribution is -2.54. The van der Waals surface area contributed by atoms with Crippen LogP contribution in [0.2, 0.25) is 5.02 Å². The minimum absolute atomic E-state index is 0.113. The zero-order valence-electron chi connectivity index (χ0n) is 20.0. The Labute approximate surface area is 226 Å². The zero-order chi connectivity index (χ0) is 29.7. The van der Waals surface area contributed by atoms with E-state index in [-0.39, 0.29) is 22.7 Å². The SMILES string of the molecule is O=C(NCC(F)(F)C(=O)O)N[C@@](Cc1ccccc1)(c1cc(F)cc(OC(F)(F)C(F)F)c1)c1ccc(Cl)cn1. The number of hydrogen-bond acceptors (Lipinski definition) is 4. The van der Waals surface area contributed by atoms with E-state index in [4.69, 9.17) is 16.7 Å². The minimum atomic E-state index is -5.01. The third-order valence-corrected chi connectivity index (χ3v) is 5.68. The number of alkyl halides is 6. The second kappa shape index (κ2) is 12.0. The highest BCUT2D eigenvalue weighted by atomic mass is 35.5. The summed E-state index contributed by atoms with van der Waals surface area (Å²) in [5, 5.41) is 12.8. The van der Waals surface area contributed by atoms with E-state index in [1.807, 2.05) is 0 Å². The normalized spacial score (nSPS) is 13.4. The van der Waals surface area contributed by atoms with Gasteiger partial charge in [-0.05, 0) is 35.4 Å². The summed E-state index contributed by atoms with van der Waals surface area (Å²) in [7, 11) is 0. The van der Waals surface area contributed by atoms with Crippen LogP contribution in [0.25, 0.3) is 0 Å². The Hall–Kier alpha value is -4.07. The van der Waals surface area contributed by atoms with E-state index in [1.165, 1.54) is 12.1 Å². The van der Waals surface area contributed by atoms with Gasteiger partial charge in [-0.25, -0.2) is 14.0 Å². The van der Waals surface area contributed by atoms with Crippen LogP contribution in [0.1, 0.15) is 16.8 Å². The molecule has 0 bridgehead atoms. The Morgan fingerprint density at radius 2 is 1.70 bits per heavy atom. The molecule has 40 heavy (non-hydrogen) atoms. The van der Waals surface area contributed by atoms with Crippen LogP contribution in [-0.2, 0) is 16.8 Å². The van der Waals surface area contributed by atoms with Crippen molar-refractivity contribution in [2.75, 3.05) is 6.54 Å². The Balaban J connectivity index is 2.20. The van der Waals surface area contributed by atoms with Crippen molar-refractivity contribution in [3.8, 4) is 5.75 Å². The van der Waals surface area contributed by atoms with Gasteiger partial charge in [0.25, 0.3) is 0 Å². The number of carboxylic acid groups (broad SMARTS) is 1. The first-order valence-corrected chi connectivity index (χ1v) is 11.5. The quantitative estimate of drug-likeness (QED) is 0.251. The van der Waals surface area contributed by atoms with Crippen LogP contribution in [0, 0.1) is 5.82 Å². The molecule has 0 aliphatic heterocycles. The van der Waals surface area contributed by atoms with Gasteiger partial charge in [-0.2, -0.15) is 26.3 Å². The van der Waals surface area contributed by atoms with Crippen molar-refractivity contribution >= 4 is 23.6 Å². The minimum Gasteiger partial charge on any atom is -0.477 e. The number of ether oxygens (including phenoxy) is 1. The molecule has 2 amide bonds. The van der Waals surface area contributed by atoms with Crippen molar-refractivity contribution in [2.45, 2.75) is 30.4 Å². The zero-order valence-corrected chi connectivity index (χ0v) is 20.7. The number of amides is 2. The largest absolute Gasteiger partial charge is 0.477 e. The molecule has 0 unspecified atom stereocenters. The summed E-state index contributed by atoms with van der Waals surface area (Å²) in [5.41, 5.74) is -2.11. The van der Waals surface area contributed by atoms with Crippen LogP contribution < -0.4 is 15.4 Å². The fourth-order valence-electron chi connectivity index (χ4n) is 3.63. The van der Waals surface area contributed by atoms with Gasteiger partial charge < -0.3 is 20.5 Å². The highest BCUT2D eigenvalue weighted by molar-refractivity contribution is 6.30. The number of carboxylic acids is 1. The molecule has 2 aromatic carbocycles. The standard InChI is InChI=1S/C25H19ClF7N3O4/c26-16-6-7-19(34-12-16)23(11-14-4-2-1-3-5-14,36-22(39)35-13-24(30,31)21(37)38)15-8-17(27)10-18(9-15)40-25(32,33)20(28)29/h1-10,12,20H,11,13H2,(H,37,38)(H2,35,36,39)/t23-/m0/s1. The van der Waals surface area contributed by atoms with Crippen molar-refractivity contribution < 1.29 is 50.2 Å². The maximum atomic E-state index is 14.7. The lowest BCUT2D eigenvalue weighted by Gasteiger charge is -2.36. The molecular weight excluding hydrogens is 575 g/mol. The molecule has 3 N–H and O–H groups in total. The van der Waals surface area contributed by atoms with Gasteiger partial charge in [-0.15, -0.1) is 0 Å². The first kappa shape index (κ1) is 30.5. The van der Waals surface area contributed by atoms with Crippen LogP contribution >= 0.6 is 11.6 Å². The van der Waals surface area contributed by atoms with Crippen molar-refractivity contribution in [2.24, 2.45) is 0 Å². The maximum absolute atomic E-state index is 14.7. The van der Waals surface area contributed by atoms with E-state index >= 15 is 0 Å². The summed E-state index contributed by atoms with van der Waals surface area (Å²) in [4.78, 5) is 27.8. The molecule has 7 nitrogen and oxygen atoms in total. The second-order valence-electron chi connectivity index (χ2n) is 8.39. The summed E-state index contributed by atoms with van der Waals surface area (Å²) in [6, 6.07) is 11.0. The number of aliphatic carboxylic acids is 1. The number of rotatable bonds is 11. The molecule has 0 aliphatic rings. The molecule has 0 spiro atoms. The molecule has 3 aromatic rings. The summed E-state index contributed by atoms with van der Waals surface area (Å²) >= 11 is 5.92. The highest BCUT2D eigenvalue weighted by Gasteiger charge is 2.45. The predicted molar refractivity (Wildman–Crippen MR) is 127 cm³/mol. The van der Waals surface area contributed by atoms with Gasteiger partial charge in [0.2, 0.25) is 0 Å². The van der Waals surface area contributed by atoms with Gasteiger partial charge in [0.15, 0.2) is 0 Å². The number of benzene rings is 2. The van der Waals surface area contributed by atoms with Crippen LogP contribution in [0.5, 0.6) is 5.75 Å². The maximum Gasteiger partial charge on any atom is 0.461 e. The van der Waals surface area contributed by atoms with E-state index in [9.17, 15) is 40.3 Å². The number of halogens is 8. The molecule has 214 valence electrons. The van der Waals surface area contributed by atoms with Crippen molar-refractivity contribution in [3.05, 3.63) is 94.5 Å². The number of pyridine rings is 1. The first-order chi connectivity index (χ1) is 18.6. The van der Waals surface area contributed by atoms with E-state index in [2.05, 4.69) is 15.0 Å². The highest BCUT2D eigenvalue weighted by Crippen LogP contribution is 2.37. The Morgan fingerprint density at radius 1 is 1.02 bits per heavy atom. The van der Waals surface area contributed by atoms with Crippen molar-refractivity contribution in [3.63, 3.8) is 0 Å². The van der Waals surface area contributed by atoms with Gasteiger partial charge in [-0.1, -0.05) is 41.9 Å². The molecule has 0 radical (unpaired) electrons. The van der Waals surface area contributed by atoms with Crippen LogP contribution in [0.3, 0.4) is 0 Å². The lowest BCUT2D eigenvalue weighted by atomic mass is 9.80. The smallest absolute Gasteiger partial charge is 0.461 e. The van der Waals surface area contributed by atoms with Crippen LogP contribution in [0.15, 0.2) is 66.9 Å². The number of hydrogen-bond donors (Lipinski definition) is 3. The topological polar surface area (TPSA) is 101 Å². The Bertz CT molecular complexity index is 1350. The lowest BCUT2D eigenvalue weighted by molar-refractivity contribution is -0.253. The van der Waals surface area contributed by atoms with Gasteiger partial charge in [-0.3, -0.25) is 4.98 Å². The number of carbonyl (C=O) groups is 2. The van der Waals surface area contributed by atoms with Crippen molar-refractivity contribution in [1.82, 2.24) is 15.6 Å². The van der Waals surface area contributed by atoms with E-state index in [0.717, 1.165) is 18.3 Å². The molecule has 1 aromatic heterocycles. The number of aromatic nitrogens is 1. The average Bonchev–Trinajstić information content (AvgIpc) is 2.87. The molecule has 1 atom stereocenters. The molecule has 0 saturated heterocycles. The van der Waals surface area contributed by atoms with E-state index < -0.39 is 54.1 Å². The fraction of sp³-hybridized carbons (Fsp3) is 0.240. The Kier molecular flexibility index (Phi) is 9.13. The summed E-state index contributed by atoms with van der Waals surface area (Å²) in [6.07, 6.45) is -8.49. The molecule has 3 rings (SSSR count). The molecule has 0 saturated carbocycles. The van der Waals surface area contributed by atoms with Gasteiger partial charge >= 0.3 is 30.5 Å². The molecular formula is C25H19ClF7N3O4. The molecule has 15 heteroatoms. The van der Waals surface area contributed by atoms with E-state index in [1.54, 1.807) is 35.6 Å². The van der Waals surface area contributed by atoms with Gasteiger partial charge in [0.1, 0.15) is 17.1 Å². The van der Waals surface area contributed by atoms with Gasteiger partial charge in [0, 0.05) is 18.7 Å². The van der Waals surface area contributed by atoms with Crippen LogP contribution in [-0.4, -0.2) is 47.1 Å². The molecule has 0 aliphatic carbocycles. The van der Waals surface area contributed by atoms with E-state index in [0.29, 0.717) is 11.6 Å². The first-order valence-electron chi connectivity index (χ1n) is 11.1. The number of nitrogens with zero attached hydrogens (tertiary/aromatic N) is 1. The molecule has 0 fully saturated rings. The fourth-order valence-corrected chi connectivity index (χ4v) is 3.74. The van der Waals surface area contributed by atoms with Crippen LogP contribution in [0.4, 0.5) is 35.5 Å². The Morgan fingerprint density at radius 3 is 2.27 bits per heavy atom. The summed E-state index contributed by atoms with van der Waals surface area (Å²) in [5.74, 6) is -9.18.